The van der Waals surface area contributed by atoms with E-state index in [1.807, 2.05) is 0 Å². The summed E-state index contributed by atoms with van der Waals surface area (Å²) in [5.41, 5.74) is 1.35. The van der Waals surface area contributed by atoms with Crippen LogP contribution in [0.4, 0.5) is 10.7 Å². The average molecular weight is 320 g/mol. The van der Waals surface area contributed by atoms with Crippen molar-refractivity contribution in [1.82, 2.24) is 14.3 Å². The van der Waals surface area contributed by atoms with Crippen molar-refractivity contribution in [1.29, 1.82) is 0 Å². The van der Waals surface area contributed by atoms with E-state index in [0.29, 0.717) is 15.7 Å². The van der Waals surface area contributed by atoms with Crippen molar-refractivity contribution in [3.05, 3.63) is 47.8 Å². The van der Waals surface area contributed by atoms with Gasteiger partial charge in [0.25, 0.3) is 10.0 Å². The molecule has 0 fully saturated rings. The zero-order valence-electron chi connectivity index (χ0n) is 12.4. The van der Waals surface area contributed by atoms with E-state index >= 15 is 0 Å². The SMILES string of the molecule is Cc1cc(C)nc(NC(=O)N(C)S(=O)(=O)c2ccccc2)n1. The van der Waals surface area contributed by atoms with Crippen LogP contribution in [0.25, 0.3) is 0 Å². The quantitative estimate of drug-likeness (QED) is 0.933. The lowest BCUT2D eigenvalue weighted by Crippen LogP contribution is -2.37. The second-order valence-corrected chi connectivity index (χ2v) is 6.66. The predicted octanol–water partition coefficient (Wildman–Crippen LogP) is 1.95. The Morgan fingerprint density at radius 1 is 1.09 bits per heavy atom. The molecule has 1 N–H and O–H groups in total. The Morgan fingerprint density at radius 3 is 2.18 bits per heavy atom. The van der Waals surface area contributed by atoms with E-state index in [-0.39, 0.29) is 10.8 Å². The van der Waals surface area contributed by atoms with Crippen LogP contribution in [-0.4, -0.2) is 35.8 Å². The molecule has 2 amide bonds. The summed E-state index contributed by atoms with van der Waals surface area (Å²) in [4.78, 5) is 20.2. The maximum atomic E-state index is 12.3. The third kappa shape index (κ3) is 3.40. The van der Waals surface area contributed by atoms with Crippen molar-refractivity contribution in [3.63, 3.8) is 0 Å². The molecule has 0 aliphatic rings. The van der Waals surface area contributed by atoms with E-state index in [0.717, 1.165) is 0 Å². The van der Waals surface area contributed by atoms with Crippen LogP contribution in [0, 0.1) is 13.8 Å². The van der Waals surface area contributed by atoms with Gasteiger partial charge in [-0.05, 0) is 32.0 Å². The minimum absolute atomic E-state index is 0.0361. The van der Waals surface area contributed by atoms with Crippen LogP contribution < -0.4 is 5.32 Å². The highest BCUT2D eigenvalue weighted by Gasteiger charge is 2.25. The Hall–Kier alpha value is -2.48. The van der Waals surface area contributed by atoms with E-state index in [9.17, 15) is 13.2 Å². The molecule has 22 heavy (non-hydrogen) atoms. The number of amides is 2. The molecule has 0 aliphatic heterocycles. The molecular formula is C14H16N4O3S. The second-order valence-electron chi connectivity index (χ2n) is 4.69. The minimum atomic E-state index is -3.91. The number of aryl methyl sites for hydroxylation is 2. The summed E-state index contributed by atoms with van der Waals surface area (Å²) in [6.07, 6.45) is 0. The molecule has 2 rings (SSSR count). The molecule has 7 nitrogen and oxygen atoms in total. The third-order valence-electron chi connectivity index (χ3n) is 2.89. The van der Waals surface area contributed by atoms with Crippen LogP contribution in [0.15, 0.2) is 41.3 Å². The minimum Gasteiger partial charge on any atom is -0.275 e. The standard InChI is InChI=1S/C14H16N4O3S/c1-10-9-11(2)16-13(15-10)17-14(19)18(3)22(20,21)12-7-5-4-6-8-12/h4-9H,1-3H3,(H,15,16,17,19). The summed E-state index contributed by atoms with van der Waals surface area (Å²) >= 11 is 0. The highest BCUT2D eigenvalue weighted by Crippen LogP contribution is 2.14. The summed E-state index contributed by atoms with van der Waals surface area (Å²) in [6, 6.07) is 8.65. The Labute approximate surface area is 129 Å². The van der Waals surface area contributed by atoms with Gasteiger partial charge in [-0.2, -0.15) is 0 Å². The summed E-state index contributed by atoms with van der Waals surface area (Å²) in [5, 5.41) is 2.38. The largest absolute Gasteiger partial charge is 0.337 e. The van der Waals surface area contributed by atoms with Gasteiger partial charge in [-0.25, -0.2) is 27.5 Å². The first-order chi connectivity index (χ1) is 10.3. The van der Waals surface area contributed by atoms with Gasteiger partial charge in [0.05, 0.1) is 4.90 Å². The smallest absolute Gasteiger partial charge is 0.275 e. The van der Waals surface area contributed by atoms with Crippen molar-refractivity contribution in [2.75, 3.05) is 12.4 Å². The monoisotopic (exact) mass is 320 g/mol. The number of benzene rings is 1. The second kappa shape index (κ2) is 6.10. The molecule has 0 bridgehead atoms. The zero-order valence-corrected chi connectivity index (χ0v) is 13.3. The van der Waals surface area contributed by atoms with Gasteiger partial charge in [-0.15, -0.1) is 0 Å². The Bertz CT molecular complexity index is 771. The van der Waals surface area contributed by atoms with Gasteiger partial charge in [0.1, 0.15) is 0 Å². The van der Waals surface area contributed by atoms with Crippen LogP contribution in [0.5, 0.6) is 0 Å². The lowest BCUT2D eigenvalue weighted by atomic mass is 10.4. The molecular weight excluding hydrogens is 304 g/mol. The number of rotatable bonds is 3. The van der Waals surface area contributed by atoms with Gasteiger partial charge < -0.3 is 0 Å². The van der Waals surface area contributed by atoms with Crippen LogP contribution >= 0.6 is 0 Å². The number of hydrogen-bond acceptors (Lipinski definition) is 5. The van der Waals surface area contributed by atoms with E-state index in [1.54, 1.807) is 38.1 Å². The van der Waals surface area contributed by atoms with Gasteiger partial charge >= 0.3 is 6.03 Å². The van der Waals surface area contributed by atoms with Gasteiger partial charge in [0.2, 0.25) is 5.95 Å². The summed E-state index contributed by atoms with van der Waals surface area (Å²) < 4.78 is 25.3. The summed E-state index contributed by atoms with van der Waals surface area (Å²) in [7, 11) is -2.73. The molecule has 2 aromatic rings. The first kappa shape index (κ1) is 15.9. The Kier molecular flexibility index (Phi) is 4.41. The number of aromatic nitrogens is 2. The van der Waals surface area contributed by atoms with Gasteiger partial charge in [-0.3, -0.25) is 5.32 Å². The van der Waals surface area contributed by atoms with E-state index in [2.05, 4.69) is 15.3 Å². The fourth-order valence-corrected chi connectivity index (χ4v) is 2.90. The highest BCUT2D eigenvalue weighted by atomic mass is 32.2. The molecule has 0 atom stereocenters. The number of nitrogens with one attached hydrogen (secondary N) is 1. The van der Waals surface area contributed by atoms with Crippen molar-refractivity contribution in [2.45, 2.75) is 18.7 Å². The van der Waals surface area contributed by atoms with Gasteiger partial charge in [-0.1, -0.05) is 18.2 Å². The molecule has 1 heterocycles. The Morgan fingerprint density at radius 2 is 1.64 bits per heavy atom. The Balaban J connectivity index is 2.22. The number of anilines is 1. The molecule has 0 saturated heterocycles. The predicted molar refractivity (Wildman–Crippen MR) is 81.9 cm³/mol. The number of nitrogens with zero attached hydrogens (tertiary/aromatic N) is 3. The van der Waals surface area contributed by atoms with Crippen molar-refractivity contribution in [3.8, 4) is 0 Å². The van der Waals surface area contributed by atoms with Crippen molar-refractivity contribution < 1.29 is 13.2 Å². The normalized spacial score (nSPS) is 11.0. The van der Waals surface area contributed by atoms with Crippen molar-refractivity contribution >= 4 is 22.0 Å². The fraction of sp³-hybridized carbons (Fsp3) is 0.214. The van der Waals surface area contributed by atoms with E-state index < -0.39 is 16.1 Å². The maximum absolute atomic E-state index is 12.3. The van der Waals surface area contributed by atoms with E-state index in [4.69, 9.17) is 0 Å². The third-order valence-corrected chi connectivity index (χ3v) is 4.64. The molecule has 0 saturated carbocycles. The number of sulfonamides is 1. The van der Waals surface area contributed by atoms with Crippen LogP contribution in [0.3, 0.4) is 0 Å². The highest BCUT2D eigenvalue weighted by molar-refractivity contribution is 7.89. The van der Waals surface area contributed by atoms with Crippen molar-refractivity contribution in [2.24, 2.45) is 0 Å². The molecule has 0 unspecified atom stereocenters. The van der Waals surface area contributed by atoms with Crippen LogP contribution in [-0.2, 0) is 10.0 Å². The first-order valence-corrected chi connectivity index (χ1v) is 7.92. The fourth-order valence-electron chi connectivity index (χ4n) is 1.82. The number of carbonyl (C=O) groups excluding carboxylic acids is 1. The number of carbonyl (C=O) groups is 1. The van der Waals surface area contributed by atoms with E-state index in [1.165, 1.54) is 19.2 Å². The zero-order chi connectivity index (χ0) is 16.3. The number of urea groups is 1. The topological polar surface area (TPSA) is 92.3 Å². The molecule has 0 radical (unpaired) electrons. The maximum Gasteiger partial charge on any atom is 0.337 e. The molecule has 1 aromatic heterocycles. The molecule has 1 aromatic carbocycles. The first-order valence-electron chi connectivity index (χ1n) is 6.48. The number of hydrogen-bond donors (Lipinski definition) is 1. The summed E-state index contributed by atoms with van der Waals surface area (Å²) in [5.74, 6) is 0.0672. The van der Waals surface area contributed by atoms with Gasteiger partial charge in [0, 0.05) is 18.4 Å². The van der Waals surface area contributed by atoms with Crippen LogP contribution in [0.2, 0.25) is 0 Å². The molecule has 116 valence electrons. The average Bonchev–Trinajstić information content (AvgIpc) is 2.46. The molecule has 0 aliphatic carbocycles. The van der Waals surface area contributed by atoms with Gasteiger partial charge in [0.15, 0.2) is 0 Å². The molecule has 0 spiro atoms. The summed E-state index contributed by atoms with van der Waals surface area (Å²) in [6.45, 7) is 3.52. The lowest BCUT2D eigenvalue weighted by molar-refractivity contribution is 0.240. The lowest BCUT2D eigenvalue weighted by Gasteiger charge is -2.17. The van der Waals surface area contributed by atoms with Crippen LogP contribution in [0.1, 0.15) is 11.4 Å². The molecule has 8 heteroatoms.